The number of nitrogens with one attached hydrogen (secondary N) is 1. The Balaban J connectivity index is 1.60. The SMILES string of the molecule is CC(NC(=O)c1cc(S(=O)(=O)N2CCOCC2)c(Cl)cc1Cl)c1ccc2ccccc2c1. The molecule has 1 saturated heterocycles. The maximum absolute atomic E-state index is 13.1. The minimum Gasteiger partial charge on any atom is -0.379 e. The predicted octanol–water partition coefficient (Wildman–Crippen LogP) is 4.66. The maximum atomic E-state index is 13.1. The monoisotopic (exact) mass is 492 g/mol. The fourth-order valence-electron chi connectivity index (χ4n) is 3.66. The lowest BCUT2D eigenvalue weighted by molar-refractivity contribution is 0.0730. The van der Waals surface area contributed by atoms with Crippen molar-refractivity contribution in [2.45, 2.75) is 17.9 Å². The number of nitrogens with zero attached hydrogens (tertiary/aromatic N) is 1. The lowest BCUT2D eigenvalue weighted by Gasteiger charge is -2.26. The fourth-order valence-corrected chi connectivity index (χ4v) is 5.90. The van der Waals surface area contributed by atoms with Crippen LogP contribution in [0.1, 0.15) is 28.9 Å². The molecule has 1 atom stereocenters. The zero-order valence-corrected chi connectivity index (χ0v) is 19.7. The van der Waals surface area contributed by atoms with E-state index in [9.17, 15) is 13.2 Å². The lowest BCUT2D eigenvalue weighted by atomic mass is 10.0. The molecule has 6 nitrogen and oxygen atoms in total. The Hall–Kier alpha value is -2.16. The molecule has 168 valence electrons. The molecular weight excluding hydrogens is 471 g/mol. The quantitative estimate of drug-likeness (QED) is 0.561. The summed E-state index contributed by atoms with van der Waals surface area (Å²) in [6.45, 7) is 2.92. The number of hydrogen-bond donors (Lipinski definition) is 1. The highest BCUT2D eigenvalue weighted by Crippen LogP contribution is 2.31. The smallest absolute Gasteiger partial charge is 0.253 e. The first-order valence-corrected chi connectivity index (χ1v) is 12.3. The molecule has 1 aliphatic heterocycles. The maximum Gasteiger partial charge on any atom is 0.253 e. The van der Waals surface area contributed by atoms with Crippen LogP contribution in [0.5, 0.6) is 0 Å². The van der Waals surface area contributed by atoms with Gasteiger partial charge in [-0.25, -0.2) is 8.42 Å². The summed E-state index contributed by atoms with van der Waals surface area (Å²) in [4.78, 5) is 12.9. The highest BCUT2D eigenvalue weighted by atomic mass is 35.5. The van der Waals surface area contributed by atoms with Gasteiger partial charge >= 0.3 is 0 Å². The molecule has 0 aromatic heterocycles. The van der Waals surface area contributed by atoms with Crippen molar-refractivity contribution in [2.24, 2.45) is 0 Å². The standard InChI is InChI=1S/C23H22Cl2N2O4S/c1-15(17-7-6-16-4-2-3-5-18(16)12-17)26-23(28)19-13-22(21(25)14-20(19)24)32(29,30)27-8-10-31-11-9-27/h2-7,12-15H,8-11H2,1H3,(H,26,28). The number of fused-ring (bicyclic) bond motifs is 1. The van der Waals surface area contributed by atoms with E-state index < -0.39 is 15.9 Å². The number of carbonyl (C=O) groups excluding carboxylic acids is 1. The minimum absolute atomic E-state index is 0.0272. The number of halogens is 2. The molecule has 1 N–H and O–H groups in total. The average molecular weight is 493 g/mol. The van der Waals surface area contributed by atoms with Crippen molar-refractivity contribution in [3.8, 4) is 0 Å². The van der Waals surface area contributed by atoms with Gasteiger partial charge < -0.3 is 10.1 Å². The van der Waals surface area contributed by atoms with Crippen molar-refractivity contribution in [1.29, 1.82) is 0 Å². The first-order valence-electron chi connectivity index (χ1n) is 10.1. The molecule has 1 amide bonds. The topological polar surface area (TPSA) is 75.7 Å². The van der Waals surface area contributed by atoms with Gasteiger partial charge in [0.05, 0.1) is 34.9 Å². The second-order valence-electron chi connectivity index (χ2n) is 7.58. The Morgan fingerprint density at radius 3 is 2.41 bits per heavy atom. The third-order valence-corrected chi connectivity index (χ3v) is 8.15. The molecule has 32 heavy (non-hydrogen) atoms. The molecule has 1 aliphatic rings. The molecule has 0 saturated carbocycles. The van der Waals surface area contributed by atoms with E-state index in [4.69, 9.17) is 27.9 Å². The summed E-state index contributed by atoms with van der Waals surface area (Å²) in [5.74, 6) is -0.481. The van der Waals surface area contributed by atoms with Gasteiger partial charge in [-0.15, -0.1) is 0 Å². The molecule has 1 heterocycles. The zero-order valence-electron chi connectivity index (χ0n) is 17.3. The number of amides is 1. The molecule has 3 aromatic carbocycles. The Morgan fingerprint density at radius 1 is 1.00 bits per heavy atom. The lowest BCUT2D eigenvalue weighted by Crippen LogP contribution is -2.40. The summed E-state index contributed by atoms with van der Waals surface area (Å²) in [5.41, 5.74) is 0.971. The number of ether oxygens (including phenoxy) is 1. The predicted molar refractivity (Wildman–Crippen MR) is 126 cm³/mol. The molecule has 4 rings (SSSR count). The van der Waals surface area contributed by atoms with Crippen molar-refractivity contribution in [3.05, 3.63) is 75.8 Å². The summed E-state index contributed by atoms with van der Waals surface area (Å²) in [6.07, 6.45) is 0. The highest BCUT2D eigenvalue weighted by molar-refractivity contribution is 7.89. The summed E-state index contributed by atoms with van der Waals surface area (Å²) in [6, 6.07) is 16.1. The Kier molecular flexibility index (Phi) is 6.74. The fraction of sp³-hybridized carbons (Fsp3) is 0.261. The third kappa shape index (κ3) is 4.63. The van der Waals surface area contributed by atoms with Crippen LogP contribution in [0.3, 0.4) is 0 Å². The number of carbonyl (C=O) groups is 1. The summed E-state index contributed by atoms with van der Waals surface area (Å²) < 4.78 is 32.7. The summed E-state index contributed by atoms with van der Waals surface area (Å²) >= 11 is 12.5. The van der Waals surface area contributed by atoms with E-state index in [1.165, 1.54) is 16.4 Å². The van der Waals surface area contributed by atoms with E-state index in [0.29, 0.717) is 13.2 Å². The number of sulfonamides is 1. The molecule has 0 bridgehead atoms. The van der Waals surface area contributed by atoms with E-state index in [1.807, 2.05) is 49.4 Å². The van der Waals surface area contributed by atoms with Crippen LogP contribution in [-0.4, -0.2) is 44.9 Å². The van der Waals surface area contributed by atoms with Crippen LogP contribution in [0, 0.1) is 0 Å². The van der Waals surface area contributed by atoms with Crippen molar-refractivity contribution in [1.82, 2.24) is 9.62 Å². The summed E-state index contributed by atoms with van der Waals surface area (Å²) in [7, 11) is -3.89. The first kappa shape index (κ1) is 23.0. The Labute approximate surface area is 197 Å². The second-order valence-corrected chi connectivity index (χ2v) is 10.3. The van der Waals surface area contributed by atoms with E-state index in [0.717, 1.165) is 16.3 Å². The zero-order chi connectivity index (χ0) is 22.9. The van der Waals surface area contributed by atoms with Crippen LogP contribution in [0.15, 0.2) is 59.5 Å². The summed E-state index contributed by atoms with van der Waals surface area (Å²) in [5, 5.41) is 5.13. The van der Waals surface area contributed by atoms with Crippen molar-refractivity contribution in [2.75, 3.05) is 26.3 Å². The van der Waals surface area contributed by atoms with Gasteiger partial charge in [0.1, 0.15) is 4.90 Å². The Bertz CT molecular complexity index is 1270. The van der Waals surface area contributed by atoms with E-state index >= 15 is 0 Å². The molecule has 0 spiro atoms. The minimum atomic E-state index is -3.89. The number of rotatable bonds is 5. The molecule has 0 aliphatic carbocycles. The normalized spacial score (nSPS) is 16.1. The van der Waals surface area contributed by atoms with Crippen molar-refractivity contribution >= 4 is 49.9 Å². The Morgan fingerprint density at radius 2 is 1.69 bits per heavy atom. The van der Waals surface area contributed by atoms with Crippen LogP contribution in [0.25, 0.3) is 10.8 Å². The van der Waals surface area contributed by atoms with Crippen LogP contribution in [0.4, 0.5) is 0 Å². The van der Waals surface area contributed by atoms with Gasteiger partial charge in [0.25, 0.3) is 5.91 Å². The highest BCUT2D eigenvalue weighted by Gasteiger charge is 2.30. The number of benzene rings is 3. The van der Waals surface area contributed by atoms with Gasteiger partial charge in [0.15, 0.2) is 0 Å². The molecule has 3 aromatic rings. The van der Waals surface area contributed by atoms with Crippen molar-refractivity contribution in [3.63, 3.8) is 0 Å². The largest absolute Gasteiger partial charge is 0.379 e. The molecule has 9 heteroatoms. The van der Waals surface area contributed by atoms with E-state index in [-0.39, 0.29) is 39.6 Å². The van der Waals surface area contributed by atoms with Gasteiger partial charge in [0, 0.05) is 13.1 Å². The number of morpholine rings is 1. The third-order valence-electron chi connectivity index (χ3n) is 5.48. The number of hydrogen-bond acceptors (Lipinski definition) is 4. The molecule has 1 unspecified atom stereocenters. The van der Waals surface area contributed by atoms with Gasteiger partial charge in [-0.3, -0.25) is 4.79 Å². The molecule has 0 radical (unpaired) electrons. The molecular formula is C23H22Cl2N2O4S. The van der Waals surface area contributed by atoms with E-state index in [2.05, 4.69) is 5.32 Å². The first-order chi connectivity index (χ1) is 15.3. The van der Waals surface area contributed by atoms with Gasteiger partial charge in [-0.1, -0.05) is 59.6 Å². The average Bonchev–Trinajstić information content (AvgIpc) is 2.79. The second kappa shape index (κ2) is 9.37. The van der Waals surface area contributed by atoms with Gasteiger partial charge in [-0.2, -0.15) is 4.31 Å². The van der Waals surface area contributed by atoms with Crippen LogP contribution in [0.2, 0.25) is 10.0 Å². The van der Waals surface area contributed by atoms with Crippen LogP contribution in [-0.2, 0) is 14.8 Å². The molecule has 1 fully saturated rings. The van der Waals surface area contributed by atoms with Crippen LogP contribution < -0.4 is 5.32 Å². The van der Waals surface area contributed by atoms with Crippen molar-refractivity contribution < 1.29 is 17.9 Å². The van der Waals surface area contributed by atoms with Gasteiger partial charge in [0.2, 0.25) is 10.0 Å². The van der Waals surface area contributed by atoms with Gasteiger partial charge in [-0.05, 0) is 41.5 Å². The van der Waals surface area contributed by atoms with E-state index in [1.54, 1.807) is 0 Å². The van der Waals surface area contributed by atoms with Crippen LogP contribution >= 0.6 is 23.2 Å².